The van der Waals surface area contributed by atoms with E-state index >= 15 is 0 Å². The minimum atomic E-state index is -0.937. The lowest BCUT2D eigenvalue weighted by molar-refractivity contribution is -0.144. The quantitative estimate of drug-likeness (QED) is 0.150. The van der Waals surface area contributed by atoms with E-state index in [1.807, 2.05) is 0 Å². The number of carbonyl (C=O) groups excluding carboxylic acids is 4. The van der Waals surface area contributed by atoms with Gasteiger partial charge in [-0.05, 0) is 64.3 Å². The largest absolute Gasteiger partial charge is 0.467 e. The van der Waals surface area contributed by atoms with E-state index in [2.05, 4.69) is 31.9 Å². The molecule has 0 aliphatic rings. The molecule has 4 N–H and O–H groups in total. The number of methoxy groups -OCH3 is 1. The first-order chi connectivity index (χ1) is 16.1. The highest BCUT2D eigenvalue weighted by Gasteiger charge is 2.26. The van der Waals surface area contributed by atoms with E-state index in [0.29, 0.717) is 35.5 Å². The maximum Gasteiger partial charge on any atom is 0.328 e. The fourth-order valence-corrected chi connectivity index (χ4v) is 3.02. The van der Waals surface area contributed by atoms with Crippen LogP contribution < -0.4 is 21.3 Å². The SMILES string of the molecule is C#Cc1ccc(C(=O)N[C@@H](CCCCNC(C)=S)C(=O)N[C@@H](C)C(=O)N[C@@H](C)C(=O)OC)cc1. The van der Waals surface area contributed by atoms with E-state index in [-0.39, 0.29) is 0 Å². The van der Waals surface area contributed by atoms with Gasteiger partial charge in [0.2, 0.25) is 11.8 Å². The third-order valence-electron chi connectivity index (χ3n) is 4.89. The number of unbranched alkanes of at least 4 members (excludes halogenated alkanes) is 1. The molecule has 184 valence electrons. The van der Waals surface area contributed by atoms with Gasteiger partial charge in [0.05, 0.1) is 12.1 Å². The molecule has 1 aromatic carbocycles. The Bertz CT molecular complexity index is 926. The average Bonchev–Trinajstić information content (AvgIpc) is 2.81. The normalized spacial score (nSPS) is 12.8. The van der Waals surface area contributed by atoms with Gasteiger partial charge in [-0.2, -0.15) is 0 Å². The minimum absolute atomic E-state index is 0.352. The van der Waals surface area contributed by atoms with Gasteiger partial charge in [-0.15, -0.1) is 6.42 Å². The van der Waals surface area contributed by atoms with E-state index in [1.54, 1.807) is 31.2 Å². The van der Waals surface area contributed by atoms with Crippen LogP contribution in [0.15, 0.2) is 24.3 Å². The molecule has 0 aliphatic carbocycles. The smallest absolute Gasteiger partial charge is 0.328 e. The Morgan fingerprint density at radius 1 is 1.00 bits per heavy atom. The molecule has 3 atom stereocenters. The van der Waals surface area contributed by atoms with Crippen LogP contribution in [0.1, 0.15) is 56.0 Å². The molecule has 34 heavy (non-hydrogen) atoms. The van der Waals surface area contributed by atoms with Gasteiger partial charge in [-0.1, -0.05) is 18.1 Å². The van der Waals surface area contributed by atoms with Crippen LogP contribution in [0.3, 0.4) is 0 Å². The van der Waals surface area contributed by atoms with Crippen molar-refractivity contribution in [2.45, 2.75) is 58.2 Å². The van der Waals surface area contributed by atoms with Crippen molar-refractivity contribution in [2.75, 3.05) is 13.7 Å². The van der Waals surface area contributed by atoms with Crippen LogP contribution in [0, 0.1) is 12.3 Å². The lowest BCUT2D eigenvalue weighted by Gasteiger charge is -2.22. The van der Waals surface area contributed by atoms with Crippen LogP contribution in [-0.2, 0) is 19.1 Å². The van der Waals surface area contributed by atoms with Crippen LogP contribution in [0.4, 0.5) is 0 Å². The van der Waals surface area contributed by atoms with E-state index in [1.165, 1.54) is 21.0 Å². The number of hydrogen-bond acceptors (Lipinski definition) is 6. The highest BCUT2D eigenvalue weighted by molar-refractivity contribution is 7.80. The molecule has 0 saturated heterocycles. The highest BCUT2D eigenvalue weighted by Crippen LogP contribution is 2.07. The summed E-state index contributed by atoms with van der Waals surface area (Å²) in [6.07, 6.45) is 7.06. The van der Waals surface area contributed by atoms with Crippen molar-refractivity contribution in [3.63, 3.8) is 0 Å². The van der Waals surface area contributed by atoms with E-state index in [4.69, 9.17) is 18.6 Å². The molecule has 0 bridgehead atoms. The summed E-state index contributed by atoms with van der Waals surface area (Å²) in [5.74, 6) is 0.371. The van der Waals surface area contributed by atoms with Gasteiger partial charge in [0.15, 0.2) is 0 Å². The summed E-state index contributed by atoms with van der Waals surface area (Å²) in [6.45, 7) is 5.39. The van der Waals surface area contributed by atoms with Crippen molar-refractivity contribution >= 4 is 40.9 Å². The number of amides is 3. The number of thiocarbonyl (C=S) groups is 1. The molecule has 0 spiro atoms. The number of carbonyl (C=O) groups is 4. The Morgan fingerprint density at radius 2 is 1.62 bits per heavy atom. The van der Waals surface area contributed by atoms with Gasteiger partial charge in [0, 0.05) is 17.7 Å². The van der Waals surface area contributed by atoms with Crippen molar-refractivity contribution in [2.24, 2.45) is 0 Å². The molecule has 0 unspecified atom stereocenters. The van der Waals surface area contributed by atoms with Crippen LogP contribution in [0.5, 0.6) is 0 Å². The maximum absolute atomic E-state index is 12.9. The second kappa shape index (κ2) is 14.6. The van der Waals surface area contributed by atoms with Crippen LogP contribution in [-0.4, -0.2) is 60.5 Å². The fraction of sp³-hybridized carbons (Fsp3) is 0.458. The summed E-state index contributed by atoms with van der Waals surface area (Å²) in [5, 5.41) is 10.8. The van der Waals surface area contributed by atoms with E-state index < -0.39 is 41.8 Å². The second-order valence-corrected chi connectivity index (χ2v) is 8.32. The molecule has 0 saturated carbocycles. The van der Waals surface area contributed by atoms with Crippen molar-refractivity contribution < 1.29 is 23.9 Å². The predicted octanol–water partition coefficient (Wildman–Crippen LogP) is 1.06. The Kier molecular flexibility index (Phi) is 12.3. The molecule has 9 nitrogen and oxygen atoms in total. The molecular formula is C24H32N4O5S. The topological polar surface area (TPSA) is 126 Å². The Balaban J connectivity index is 2.82. The summed E-state index contributed by atoms with van der Waals surface area (Å²) in [6, 6.07) is 3.76. The fourth-order valence-electron chi connectivity index (χ4n) is 2.92. The van der Waals surface area contributed by atoms with Gasteiger partial charge in [-0.3, -0.25) is 14.4 Å². The first-order valence-electron chi connectivity index (χ1n) is 10.9. The molecule has 1 aromatic rings. The number of terminal acetylenes is 1. The van der Waals surface area contributed by atoms with Crippen molar-refractivity contribution in [1.29, 1.82) is 0 Å². The zero-order valence-corrected chi connectivity index (χ0v) is 20.7. The number of nitrogens with one attached hydrogen (secondary N) is 4. The molecule has 3 amide bonds. The number of ether oxygens (including phenoxy) is 1. The molecule has 0 radical (unpaired) electrons. The molecule has 0 aromatic heterocycles. The van der Waals surface area contributed by atoms with Crippen molar-refractivity contribution in [3.05, 3.63) is 35.4 Å². The zero-order valence-electron chi connectivity index (χ0n) is 19.9. The van der Waals surface area contributed by atoms with Crippen LogP contribution >= 0.6 is 12.2 Å². The minimum Gasteiger partial charge on any atom is -0.467 e. The Morgan fingerprint density at radius 3 is 2.18 bits per heavy atom. The maximum atomic E-state index is 12.9. The lowest BCUT2D eigenvalue weighted by atomic mass is 10.1. The highest BCUT2D eigenvalue weighted by atomic mass is 32.1. The number of hydrogen-bond donors (Lipinski definition) is 4. The van der Waals surface area contributed by atoms with Crippen LogP contribution in [0.2, 0.25) is 0 Å². The summed E-state index contributed by atoms with van der Waals surface area (Å²) >= 11 is 4.98. The van der Waals surface area contributed by atoms with Gasteiger partial charge in [-0.25, -0.2) is 4.79 Å². The first kappa shape index (κ1) is 28.6. The van der Waals surface area contributed by atoms with Crippen molar-refractivity contribution in [3.8, 4) is 12.3 Å². The molecular weight excluding hydrogens is 456 g/mol. The predicted molar refractivity (Wildman–Crippen MR) is 133 cm³/mol. The van der Waals surface area contributed by atoms with Gasteiger partial charge < -0.3 is 26.0 Å². The summed E-state index contributed by atoms with van der Waals surface area (Å²) in [4.78, 5) is 50.2. The zero-order chi connectivity index (χ0) is 25.7. The first-order valence-corrected chi connectivity index (χ1v) is 11.3. The van der Waals surface area contributed by atoms with Gasteiger partial charge in [0.25, 0.3) is 5.91 Å². The monoisotopic (exact) mass is 488 g/mol. The second-order valence-electron chi connectivity index (χ2n) is 7.71. The van der Waals surface area contributed by atoms with Crippen molar-refractivity contribution in [1.82, 2.24) is 21.3 Å². The Hall–Kier alpha value is -3.45. The summed E-state index contributed by atoms with van der Waals surface area (Å²) < 4.78 is 4.58. The standard InChI is InChI=1S/C24H32N4O5S/c1-6-18-10-12-19(13-11-18)22(30)28-20(9-7-8-14-25-17(4)34)23(31)26-15(2)21(29)27-16(3)24(32)33-5/h1,10-13,15-16,20H,7-9,14H2,2-5H3,(H,25,34)(H,26,31)(H,27,29)(H,28,30)/t15-,16-,20-/m0/s1. The third-order valence-corrected chi connectivity index (χ3v) is 5.04. The lowest BCUT2D eigenvalue weighted by Crippen LogP contribution is -2.54. The number of esters is 1. The molecule has 0 fully saturated rings. The van der Waals surface area contributed by atoms with E-state index in [9.17, 15) is 19.2 Å². The summed E-state index contributed by atoms with van der Waals surface area (Å²) in [5.41, 5.74) is 0.987. The Labute approximate surface area is 205 Å². The molecule has 0 aliphatic heterocycles. The summed E-state index contributed by atoms with van der Waals surface area (Å²) in [7, 11) is 1.22. The number of rotatable bonds is 12. The third kappa shape index (κ3) is 10.0. The van der Waals surface area contributed by atoms with Gasteiger partial charge in [0.1, 0.15) is 18.1 Å². The molecule has 0 heterocycles. The molecule has 1 rings (SSSR count). The average molecular weight is 489 g/mol. The molecule has 10 heteroatoms. The number of benzene rings is 1. The van der Waals surface area contributed by atoms with E-state index in [0.717, 1.165) is 6.42 Å². The van der Waals surface area contributed by atoms with Gasteiger partial charge >= 0.3 is 5.97 Å². The van der Waals surface area contributed by atoms with Crippen LogP contribution in [0.25, 0.3) is 0 Å².